The average molecular weight is 238 g/mol. The second-order valence-electron chi connectivity index (χ2n) is 6.50. The molecular formula is C14H26N2O. The largest absolute Gasteiger partial charge is 0.353 e. The number of nitrogens with one attached hydrogen (secondary N) is 2. The van der Waals surface area contributed by atoms with Crippen molar-refractivity contribution in [3.8, 4) is 0 Å². The van der Waals surface area contributed by atoms with Crippen molar-refractivity contribution in [1.82, 2.24) is 10.6 Å². The van der Waals surface area contributed by atoms with Crippen LogP contribution in [0.25, 0.3) is 0 Å². The van der Waals surface area contributed by atoms with Crippen LogP contribution >= 0.6 is 0 Å². The molecule has 0 aromatic rings. The predicted molar refractivity (Wildman–Crippen MR) is 69.8 cm³/mol. The summed E-state index contributed by atoms with van der Waals surface area (Å²) in [5.41, 5.74) is 0.480. The van der Waals surface area contributed by atoms with Crippen molar-refractivity contribution in [2.45, 2.75) is 70.9 Å². The van der Waals surface area contributed by atoms with Gasteiger partial charge in [0.2, 0.25) is 5.91 Å². The Balaban J connectivity index is 1.68. The lowest BCUT2D eigenvalue weighted by molar-refractivity contribution is -0.122. The summed E-state index contributed by atoms with van der Waals surface area (Å²) < 4.78 is 0. The van der Waals surface area contributed by atoms with Crippen LogP contribution in [0.1, 0.15) is 58.8 Å². The Bertz CT molecular complexity index is 259. The van der Waals surface area contributed by atoms with Crippen LogP contribution in [0, 0.1) is 5.41 Å². The van der Waals surface area contributed by atoms with Gasteiger partial charge in [0.15, 0.2) is 0 Å². The van der Waals surface area contributed by atoms with E-state index in [1.807, 2.05) is 0 Å². The minimum Gasteiger partial charge on any atom is -0.353 e. The molecule has 2 fully saturated rings. The maximum absolute atomic E-state index is 11.9. The summed E-state index contributed by atoms with van der Waals surface area (Å²) in [6.45, 7) is 5.73. The molecule has 1 unspecified atom stereocenters. The molecule has 0 aromatic heterocycles. The van der Waals surface area contributed by atoms with Crippen LogP contribution in [-0.2, 0) is 4.79 Å². The summed E-state index contributed by atoms with van der Waals surface area (Å²) in [5, 5.41) is 6.58. The van der Waals surface area contributed by atoms with Crippen molar-refractivity contribution in [2.75, 3.05) is 6.54 Å². The van der Waals surface area contributed by atoms with E-state index >= 15 is 0 Å². The molecule has 1 heterocycles. The smallest absolute Gasteiger partial charge is 0.221 e. The molecule has 3 nitrogen and oxygen atoms in total. The number of hydrogen-bond acceptors (Lipinski definition) is 2. The van der Waals surface area contributed by atoms with Gasteiger partial charge in [-0.3, -0.25) is 4.79 Å². The monoisotopic (exact) mass is 238 g/mol. The number of rotatable bonds is 3. The van der Waals surface area contributed by atoms with E-state index in [-0.39, 0.29) is 5.91 Å². The van der Waals surface area contributed by atoms with E-state index in [2.05, 4.69) is 24.5 Å². The van der Waals surface area contributed by atoms with Crippen LogP contribution in [0.5, 0.6) is 0 Å². The molecule has 0 aromatic carbocycles. The molecule has 17 heavy (non-hydrogen) atoms. The van der Waals surface area contributed by atoms with E-state index in [4.69, 9.17) is 0 Å². The molecule has 1 aliphatic carbocycles. The summed E-state index contributed by atoms with van der Waals surface area (Å²) in [7, 11) is 0. The van der Waals surface area contributed by atoms with E-state index in [1.165, 1.54) is 19.3 Å². The van der Waals surface area contributed by atoms with Gasteiger partial charge in [-0.05, 0) is 50.5 Å². The molecule has 1 aliphatic heterocycles. The van der Waals surface area contributed by atoms with Crippen molar-refractivity contribution >= 4 is 5.91 Å². The normalized spacial score (nSPS) is 29.2. The van der Waals surface area contributed by atoms with Crippen LogP contribution in [0.4, 0.5) is 0 Å². The Labute approximate surface area is 105 Å². The topological polar surface area (TPSA) is 41.1 Å². The first-order valence-corrected chi connectivity index (χ1v) is 7.08. The highest BCUT2D eigenvalue weighted by molar-refractivity contribution is 5.76. The van der Waals surface area contributed by atoms with Gasteiger partial charge in [-0.25, -0.2) is 0 Å². The minimum atomic E-state index is 0.245. The van der Waals surface area contributed by atoms with Gasteiger partial charge in [0.05, 0.1) is 0 Å². The summed E-state index contributed by atoms with van der Waals surface area (Å²) in [4.78, 5) is 11.9. The zero-order valence-electron chi connectivity index (χ0n) is 11.2. The molecule has 2 N–H and O–H groups in total. The van der Waals surface area contributed by atoms with Crippen LogP contribution < -0.4 is 10.6 Å². The number of amides is 1. The second kappa shape index (κ2) is 5.38. The summed E-state index contributed by atoms with van der Waals surface area (Å²) in [6.07, 6.45) is 7.81. The summed E-state index contributed by atoms with van der Waals surface area (Å²) in [6, 6.07) is 0.854. The van der Waals surface area contributed by atoms with Gasteiger partial charge in [0.1, 0.15) is 0 Å². The predicted octanol–water partition coefficient (Wildman–Crippen LogP) is 2.21. The molecule has 3 heteroatoms. The maximum Gasteiger partial charge on any atom is 0.221 e. The van der Waals surface area contributed by atoms with Crippen molar-refractivity contribution in [3.05, 3.63) is 0 Å². The molecular weight excluding hydrogens is 212 g/mol. The Hall–Kier alpha value is -0.570. The fourth-order valence-corrected chi connectivity index (χ4v) is 2.98. The second-order valence-corrected chi connectivity index (χ2v) is 6.50. The Morgan fingerprint density at radius 1 is 1.29 bits per heavy atom. The minimum absolute atomic E-state index is 0.245. The SMILES string of the molecule is CC1(C)CCC(NC(=O)CC2CCCN2)CC1. The molecule has 0 bridgehead atoms. The van der Waals surface area contributed by atoms with Gasteiger partial charge in [-0.1, -0.05) is 13.8 Å². The summed E-state index contributed by atoms with van der Waals surface area (Å²) >= 11 is 0. The van der Waals surface area contributed by atoms with Gasteiger partial charge < -0.3 is 10.6 Å². The highest BCUT2D eigenvalue weighted by Crippen LogP contribution is 2.34. The molecule has 2 aliphatic rings. The van der Waals surface area contributed by atoms with E-state index in [0.29, 0.717) is 23.9 Å². The third kappa shape index (κ3) is 3.98. The lowest BCUT2D eigenvalue weighted by Crippen LogP contribution is -2.41. The quantitative estimate of drug-likeness (QED) is 0.791. The standard InChI is InChI=1S/C14H26N2O/c1-14(2)7-5-11(6-8-14)16-13(17)10-12-4-3-9-15-12/h11-12,15H,3-10H2,1-2H3,(H,16,17). The first-order chi connectivity index (χ1) is 8.05. The zero-order valence-corrected chi connectivity index (χ0v) is 11.2. The lowest BCUT2D eigenvalue weighted by Gasteiger charge is -2.34. The lowest BCUT2D eigenvalue weighted by atomic mass is 9.75. The highest BCUT2D eigenvalue weighted by atomic mass is 16.1. The van der Waals surface area contributed by atoms with Crippen LogP contribution in [0.3, 0.4) is 0 Å². The molecule has 0 spiro atoms. The molecule has 1 atom stereocenters. The zero-order chi connectivity index (χ0) is 12.3. The third-order valence-electron chi connectivity index (χ3n) is 4.30. The van der Waals surface area contributed by atoms with Crippen molar-refractivity contribution in [1.29, 1.82) is 0 Å². The van der Waals surface area contributed by atoms with E-state index < -0.39 is 0 Å². The van der Waals surface area contributed by atoms with Crippen LogP contribution in [-0.4, -0.2) is 24.5 Å². The van der Waals surface area contributed by atoms with Crippen LogP contribution in [0.15, 0.2) is 0 Å². The maximum atomic E-state index is 11.9. The molecule has 0 radical (unpaired) electrons. The van der Waals surface area contributed by atoms with Crippen molar-refractivity contribution in [3.63, 3.8) is 0 Å². The van der Waals surface area contributed by atoms with Gasteiger partial charge in [-0.15, -0.1) is 0 Å². The number of carbonyl (C=O) groups is 1. The first kappa shape index (κ1) is 12.9. The van der Waals surface area contributed by atoms with E-state index in [9.17, 15) is 4.79 Å². The Kier molecular flexibility index (Phi) is 4.08. The van der Waals surface area contributed by atoms with Gasteiger partial charge in [0.25, 0.3) is 0 Å². The molecule has 2 rings (SSSR count). The Morgan fingerprint density at radius 2 is 2.00 bits per heavy atom. The number of hydrogen-bond donors (Lipinski definition) is 2. The van der Waals surface area contributed by atoms with E-state index in [1.54, 1.807) is 0 Å². The fourth-order valence-electron chi connectivity index (χ4n) is 2.98. The van der Waals surface area contributed by atoms with Gasteiger partial charge in [0, 0.05) is 18.5 Å². The Morgan fingerprint density at radius 3 is 2.59 bits per heavy atom. The van der Waals surface area contributed by atoms with E-state index in [0.717, 1.165) is 25.8 Å². The van der Waals surface area contributed by atoms with Gasteiger partial charge in [-0.2, -0.15) is 0 Å². The highest BCUT2D eigenvalue weighted by Gasteiger charge is 2.28. The molecule has 1 saturated carbocycles. The first-order valence-electron chi connectivity index (χ1n) is 7.08. The van der Waals surface area contributed by atoms with Crippen LogP contribution in [0.2, 0.25) is 0 Å². The third-order valence-corrected chi connectivity index (χ3v) is 4.30. The molecule has 98 valence electrons. The molecule has 1 amide bonds. The average Bonchev–Trinajstić information content (AvgIpc) is 2.74. The number of carbonyl (C=O) groups excluding carboxylic acids is 1. The van der Waals surface area contributed by atoms with Gasteiger partial charge >= 0.3 is 0 Å². The van der Waals surface area contributed by atoms with Crippen molar-refractivity contribution < 1.29 is 4.79 Å². The molecule has 1 saturated heterocycles. The fraction of sp³-hybridized carbons (Fsp3) is 0.929. The summed E-state index contributed by atoms with van der Waals surface area (Å²) in [5.74, 6) is 0.245. The van der Waals surface area contributed by atoms with Crippen molar-refractivity contribution in [2.24, 2.45) is 5.41 Å².